The van der Waals surface area contributed by atoms with E-state index in [4.69, 9.17) is 24.9 Å². The monoisotopic (exact) mass is 403 g/mol. The molecule has 0 aliphatic carbocycles. The summed E-state index contributed by atoms with van der Waals surface area (Å²) in [5.74, 6) is -5.77. The third kappa shape index (κ3) is 8.84. The second-order valence-corrected chi connectivity index (χ2v) is 5.94. The van der Waals surface area contributed by atoms with E-state index in [2.05, 4.69) is 15.1 Å². The number of aliphatic hydroxyl groups excluding tert-OH is 1. The van der Waals surface area contributed by atoms with Crippen molar-refractivity contribution in [3.8, 4) is 0 Å². The van der Waals surface area contributed by atoms with E-state index in [1.807, 2.05) is 0 Å². The number of carboxylic acids is 2. The van der Waals surface area contributed by atoms with E-state index in [9.17, 15) is 13.6 Å². The normalized spacial score (nSPS) is 14.7. The van der Waals surface area contributed by atoms with Crippen LogP contribution in [0.3, 0.4) is 0 Å². The van der Waals surface area contributed by atoms with Crippen LogP contribution in [0.2, 0.25) is 0 Å². The summed E-state index contributed by atoms with van der Waals surface area (Å²) < 4.78 is 25.8. The van der Waals surface area contributed by atoms with E-state index in [1.165, 1.54) is 6.07 Å². The number of nitrogens with one attached hydrogen (secondary N) is 1. The summed E-state index contributed by atoms with van der Waals surface area (Å²) in [5, 5.41) is 26.2. The SMILES string of the molecule is O=C(CCN1CCN(CCO)CC1)Nc1ccc(F)c(F)c1.O=C(O)C(=O)O. The number of anilines is 1. The number of benzene rings is 1. The Morgan fingerprint density at radius 2 is 1.46 bits per heavy atom. The van der Waals surface area contributed by atoms with Gasteiger partial charge < -0.3 is 25.5 Å². The van der Waals surface area contributed by atoms with E-state index in [-0.39, 0.29) is 18.2 Å². The van der Waals surface area contributed by atoms with Gasteiger partial charge in [0, 0.05) is 57.4 Å². The summed E-state index contributed by atoms with van der Waals surface area (Å²) in [4.78, 5) is 34.4. The van der Waals surface area contributed by atoms with Crippen molar-refractivity contribution in [2.45, 2.75) is 6.42 Å². The fourth-order valence-electron chi connectivity index (χ4n) is 2.43. The summed E-state index contributed by atoms with van der Waals surface area (Å²) in [7, 11) is 0. The Kier molecular flexibility index (Phi) is 9.99. The topological polar surface area (TPSA) is 130 Å². The molecule has 0 bridgehead atoms. The molecule has 0 spiro atoms. The van der Waals surface area contributed by atoms with Gasteiger partial charge in [-0.3, -0.25) is 9.69 Å². The van der Waals surface area contributed by atoms with E-state index in [1.54, 1.807) is 0 Å². The minimum absolute atomic E-state index is 0.163. The molecule has 2 rings (SSSR count). The van der Waals surface area contributed by atoms with Gasteiger partial charge in [-0.1, -0.05) is 0 Å². The second-order valence-electron chi connectivity index (χ2n) is 5.94. The van der Waals surface area contributed by atoms with Crippen molar-refractivity contribution >= 4 is 23.5 Å². The molecule has 28 heavy (non-hydrogen) atoms. The van der Waals surface area contributed by atoms with Gasteiger partial charge in [-0.2, -0.15) is 0 Å². The second kappa shape index (κ2) is 12.0. The van der Waals surface area contributed by atoms with Gasteiger partial charge in [-0.15, -0.1) is 0 Å². The van der Waals surface area contributed by atoms with Crippen LogP contribution in [0.1, 0.15) is 6.42 Å². The lowest BCUT2D eigenvalue weighted by Gasteiger charge is -2.34. The molecule has 156 valence electrons. The maximum Gasteiger partial charge on any atom is 0.414 e. The third-order valence-electron chi connectivity index (χ3n) is 3.92. The zero-order chi connectivity index (χ0) is 21.1. The highest BCUT2D eigenvalue weighted by Crippen LogP contribution is 2.13. The number of halogens is 2. The Balaban J connectivity index is 0.000000568. The summed E-state index contributed by atoms with van der Waals surface area (Å²) in [6.45, 7) is 4.96. The number of piperazine rings is 1. The Hall–Kier alpha value is -2.63. The number of amides is 1. The highest BCUT2D eigenvalue weighted by molar-refractivity contribution is 6.27. The van der Waals surface area contributed by atoms with E-state index < -0.39 is 23.6 Å². The Labute approximate surface area is 160 Å². The number of hydrogen-bond acceptors (Lipinski definition) is 6. The zero-order valence-electron chi connectivity index (χ0n) is 15.1. The predicted molar refractivity (Wildman–Crippen MR) is 94.8 cm³/mol. The lowest BCUT2D eigenvalue weighted by atomic mass is 10.2. The zero-order valence-corrected chi connectivity index (χ0v) is 15.1. The fraction of sp³-hybridized carbons (Fsp3) is 0.471. The maximum atomic E-state index is 13.0. The van der Waals surface area contributed by atoms with Gasteiger partial charge in [0.2, 0.25) is 5.91 Å². The molecule has 1 saturated heterocycles. The molecular weight excluding hydrogens is 380 g/mol. The van der Waals surface area contributed by atoms with Crippen LogP contribution in [0.4, 0.5) is 14.5 Å². The average molecular weight is 403 g/mol. The molecule has 1 amide bonds. The van der Waals surface area contributed by atoms with Crippen LogP contribution in [-0.2, 0) is 14.4 Å². The Morgan fingerprint density at radius 3 is 1.93 bits per heavy atom. The number of carboxylic acid groups (broad SMARTS) is 2. The fourth-order valence-corrected chi connectivity index (χ4v) is 2.43. The van der Waals surface area contributed by atoms with Crippen molar-refractivity contribution in [2.75, 3.05) is 51.2 Å². The molecule has 1 aromatic carbocycles. The van der Waals surface area contributed by atoms with Gasteiger partial charge in [-0.25, -0.2) is 18.4 Å². The summed E-state index contributed by atoms with van der Waals surface area (Å²) in [6, 6.07) is 3.30. The first-order valence-electron chi connectivity index (χ1n) is 8.49. The van der Waals surface area contributed by atoms with Gasteiger partial charge in [0.1, 0.15) is 0 Å². The minimum Gasteiger partial charge on any atom is -0.473 e. The van der Waals surface area contributed by atoms with Gasteiger partial charge in [-0.05, 0) is 12.1 Å². The lowest BCUT2D eigenvalue weighted by Crippen LogP contribution is -2.47. The standard InChI is InChI=1S/C15H21F2N3O2.C2H2O4/c16-13-2-1-12(11-14(13)17)18-15(22)3-4-19-5-7-20(8-6-19)9-10-21;3-1(4)2(5)6/h1-2,11,21H,3-10H2,(H,18,22);(H,3,4)(H,5,6). The largest absolute Gasteiger partial charge is 0.473 e. The molecule has 9 nitrogen and oxygen atoms in total. The first-order valence-corrected chi connectivity index (χ1v) is 8.49. The van der Waals surface area contributed by atoms with Crippen molar-refractivity contribution < 1.29 is 38.5 Å². The van der Waals surface area contributed by atoms with Gasteiger partial charge in [0.25, 0.3) is 0 Å². The minimum atomic E-state index is -1.82. The molecule has 11 heteroatoms. The predicted octanol–water partition coefficient (Wildman–Crippen LogP) is 0.0589. The average Bonchev–Trinajstić information content (AvgIpc) is 2.65. The number of aliphatic hydroxyl groups is 1. The molecule has 1 aromatic rings. The quantitative estimate of drug-likeness (QED) is 0.491. The Bertz CT molecular complexity index is 669. The lowest BCUT2D eigenvalue weighted by molar-refractivity contribution is -0.159. The number of nitrogens with zero attached hydrogens (tertiary/aromatic N) is 2. The number of aliphatic carboxylic acids is 2. The first-order chi connectivity index (χ1) is 13.2. The van der Waals surface area contributed by atoms with Crippen LogP contribution >= 0.6 is 0 Å². The summed E-state index contributed by atoms with van der Waals surface area (Å²) in [5.41, 5.74) is 0.261. The molecule has 4 N–H and O–H groups in total. The van der Waals surface area contributed by atoms with Gasteiger partial charge in [0.05, 0.1) is 6.61 Å². The van der Waals surface area contributed by atoms with Crippen molar-refractivity contribution in [2.24, 2.45) is 0 Å². The molecule has 0 atom stereocenters. The van der Waals surface area contributed by atoms with Crippen LogP contribution in [0.5, 0.6) is 0 Å². The van der Waals surface area contributed by atoms with Crippen molar-refractivity contribution in [3.63, 3.8) is 0 Å². The molecule has 0 aromatic heterocycles. The molecule has 1 aliphatic rings. The molecule has 1 aliphatic heterocycles. The smallest absolute Gasteiger partial charge is 0.414 e. The molecule has 1 heterocycles. The van der Waals surface area contributed by atoms with Gasteiger partial charge >= 0.3 is 11.9 Å². The first kappa shape index (κ1) is 23.4. The molecule has 0 unspecified atom stereocenters. The van der Waals surface area contributed by atoms with Crippen LogP contribution in [0, 0.1) is 11.6 Å². The van der Waals surface area contributed by atoms with E-state index >= 15 is 0 Å². The highest BCUT2D eigenvalue weighted by Gasteiger charge is 2.17. The number of carbonyl (C=O) groups excluding carboxylic acids is 1. The van der Waals surface area contributed by atoms with Crippen molar-refractivity contribution in [1.82, 2.24) is 9.80 Å². The molecule has 0 saturated carbocycles. The van der Waals surface area contributed by atoms with Crippen LogP contribution in [-0.4, -0.2) is 88.8 Å². The van der Waals surface area contributed by atoms with Crippen LogP contribution < -0.4 is 5.32 Å². The summed E-state index contributed by atoms with van der Waals surface area (Å²) in [6.07, 6.45) is 0.305. The number of β-amino-alcohol motifs (C(OH)–C–C–N with tert-alkyl or cyclic N) is 1. The highest BCUT2D eigenvalue weighted by atomic mass is 19.2. The molecular formula is C17H23F2N3O6. The van der Waals surface area contributed by atoms with Crippen molar-refractivity contribution in [3.05, 3.63) is 29.8 Å². The molecule has 0 radical (unpaired) electrons. The third-order valence-corrected chi connectivity index (χ3v) is 3.92. The van der Waals surface area contributed by atoms with Gasteiger partial charge in [0.15, 0.2) is 11.6 Å². The number of rotatable bonds is 6. The van der Waals surface area contributed by atoms with Crippen LogP contribution in [0.25, 0.3) is 0 Å². The summed E-state index contributed by atoms with van der Waals surface area (Å²) >= 11 is 0. The van der Waals surface area contributed by atoms with Crippen LogP contribution in [0.15, 0.2) is 18.2 Å². The maximum absolute atomic E-state index is 13.0. The Morgan fingerprint density at radius 1 is 0.929 bits per heavy atom. The molecule has 1 fully saturated rings. The number of hydrogen-bond donors (Lipinski definition) is 4. The number of carbonyl (C=O) groups is 3. The van der Waals surface area contributed by atoms with E-state index in [0.717, 1.165) is 38.3 Å². The van der Waals surface area contributed by atoms with Crippen molar-refractivity contribution in [1.29, 1.82) is 0 Å². The van der Waals surface area contributed by atoms with E-state index in [0.29, 0.717) is 19.5 Å².